The lowest BCUT2D eigenvalue weighted by Gasteiger charge is -2.18. The van der Waals surface area contributed by atoms with Gasteiger partial charge < -0.3 is 14.2 Å². The van der Waals surface area contributed by atoms with E-state index in [9.17, 15) is 14.4 Å². The molecule has 0 aromatic carbocycles. The Kier molecular flexibility index (Phi) is 66.7. The van der Waals surface area contributed by atoms with Crippen molar-refractivity contribution in [1.29, 1.82) is 0 Å². The molecular formula is C77H130O6. The van der Waals surface area contributed by atoms with E-state index in [1.54, 1.807) is 0 Å². The molecule has 0 fully saturated rings. The largest absolute Gasteiger partial charge is 0.462 e. The Hall–Kier alpha value is -4.19. The first-order chi connectivity index (χ1) is 41.0. The lowest BCUT2D eigenvalue weighted by Crippen LogP contribution is -2.30. The van der Waals surface area contributed by atoms with Gasteiger partial charge in [-0.15, -0.1) is 0 Å². The topological polar surface area (TPSA) is 78.9 Å². The Morgan fingerprint density at radius 3 is 0.759 bits per heavy atom. The van der Waals surface area contributed by atoms with Crippen LogP contribution in [-0.4, -0.2) is 37.2 Å². The van der Waals surface area contributed by atoms with E-state index in [0.717, 1.165) is 128 Å². The van der Waals surface area contributed by atoms with Gasteiger partial charge in [-0.3, -0.25) is 14.4 Å². The molecule has 0 aromatic heterocycles. The van der Waals surface area contributed by atoms with E-state index < -0.39 is 6.10 Å². The Bertz CT molecular complexity index is 1700. The first-order valence-electron chi connectivity index (χ1n) is 35.0. The third kappa shape index (κ3) is 68.5. The van der Waals surface area contributed by atoms with Crippen LogP contribution in [0.1, 0.15) is 329 Å². The van der Waals surface area contributed by atoms with Gasteiger partial charge in [-0.2, -0.15) is 0 Å². The normalized spacial score (nSPS) is 12.9. The number of carbonyl (C=O) groups is 3. The standard InChI is InChI=1S/C77H130O6/c1-4-7-10-13-16-19-22-25-28-31-34-36-37-38-39-41-43-46-49-52-55-58-61-64-67-70-76(79)82-73-74(72-81-75(78)69-66-63-60-57-54-51-48-45-42-33-30-27-24-21-18-15-12-9-6-3)83-77(80)71-68-65-62-59-56-53-50-47-44-40-35-32-29-26-23-20-17-14-11-8-5-2/h8-9,11-12,17-18,20-21,26-27,29-31,34-35,40,42,45,51,54,74H,4-7,10,13-16,19,22-25,28,32-33,36-39,41,43-44,46-50,52-53,55-73H2,1-3H3/b11-8-,12-9-,20-17-,21-18-,29-26-,30-27-,34-31-,40-35-,45-42-,54-51-. The monoisotopic (exact) mass is 1150 g/mol. The van der Waals surface area contributed by atoms with Gasteiger partial charge in [-0.1, -0.05) is 303 Å². The molecule has 6 nitrogen and oxygen atoms in total. The maximum absolute atomic E-state index is 13.0. The summed E-state index contributed by atoms with van der Waals surface area (Å²) in [7, 11) is 0. The first-order valence-corrected chi connectivity index (χ1v) is 35.0. The predicted molar refractivity (Wildman–Crippen MR) is 362 cm³/mol. The van der Waals surface area contributed by atoms with E-state index in [-0.39, 0.29) is 31.1 Å². The number of allylic oxidation sites excluding steroid dienone is 20. The Labute approximate surface area is 513 Å². The molecule has 0 rings (SSSR count). The second-order valence-electron chi connectivity index (χ2n) is 23.0. The van der Waals surface area contributed by atoms with Crippen LogP contribution in [0, 0.1) is 0 Å². The van der Waals surface area contributed by atoms with Crippen molar-refractivity contribution >= 4 is 17.9 Å². The van der Waals surface area contributed by atoms with E-state index in [0.29, 0.717) is 19.3 Å². The summed E-state index contributed by atoms with van der Waals surface area (Å²) in [6.45, 7) is 6.41. The summed E-state index contributed by atoms with van der Waals surface area (Å²) in [6.07, 6.45) is 97.9. The van der Waals surface area contributed by atoms with Gasteiger partial charge in [0.25, 0.3) is 0 Å². The molecule has 1 unspecified atom stereocenters. The molecule has 0 N–H and O–H groups in total. The van der Waals surface area contributed by atoms with Crippen LogP contribution >= 0.6 is 0 Å². The molecule has 0 aliphatic carbocycles. The van der Waals surface area contributed by atoms with E-state index in [2.05, 4.69) is 142 Å². The molecule has 6 heteroatoms. The minimum absolute atomic E-state index is 0.0931. The second-order valence-corrected chi connectivity index (χ2v) is 23.0. The van der Waals surface area contributed by atoms with Gasteiger partial charge in [0.15, 0.2) is 6.10 Å². The van der Waals surface area contributed by atoms with Crippen molar-refractivity contribution < 1.29 is 28.6 Å². The number of hydrogen-bond acceptors (Lipinski definition) is 6. The SMILES string of the molecule is CC/C=C\C/C=C\C/C=C\C/C=C\C/C=C\CCCCCC(=O)OCC(COC(=O)CCCCCCCCCCCCCCC/C=C\CCCCCCCCCC)OC(=O)CCCCCCCCCC/C=C\C/C=C\C/C=C\C/C=C\CC. The molecule has 83 heavy (non-hydrogen) atoms. The van der Waals surface area contributed by atoms with Gasteiger partial charge in [0.05, 0.1) is 0 Å². The van der Waals surface area contributed by atoms with Gasteiger partial charge >= 0.3 is 17.9 Å². The molecule has 0 heterocycles. The highest BCUT2D eigenvalue weighted by molar-refractivity contribution is 5.71. The molecule has 0 spiro atoms. The predicted octanol–water partition coefficient (Wildman–Crippen LogP) is 24.3. The van der Waals surface area contributed by atoms with Crippen LogP contribution in [-0.2, 0) is 28.6 Å². The fourth-order valence-electron chi connectivity index (χ4n) is 9.75. The van der Waals surface area contributed by atoms with Crippen molar-refractivity contribution in [1.82, 2.24) is 0 Å². The summed E-state index contributed by atoms with van der Waals surface area (Å²) >= 11 is 0. The van der Waals surface area contributed by atoms with Crippen LogP contribution in [0.5, 0.6) is 0 Å². The number of ether oxygens (including phenoxy) is 3. The van der Waals surface area contributed by atoms with Crippen LogP contribution in [0.25, 0.3) is 0 Å². The summed E-state index contributed by atoms with van der Waals surface area (Å²) in [4.78, 5) is 38.5. The van der Waals surface area contributed by atoms with Gasteiger partial charge in [0.2, 0.25) is 0 Å². The molecule has 474 valence electrons. The van der Waals surface area contributed by atoms with Gasteiger partial charge in [0, 0.05) is 19.3 Å². The van der Waals surface area contributed by atoms with E-state index >= 15 is 0 Å². The third-order valence-electron chi connectivity index (χ3n) is 14.9. The molecule has 0 aliphatic heterocycles. The second kappa shape index (κ2) is 70.3. The quantitative estimate of drug-likeness (QED) is 0.0261. The molecule has 0 saturated heterocycles. The Morgan fingerprint density at radius 2 is 0.470 bits per heavy atom. The highest BCUT2D eigenvalue weighted by Crippen LogP contribution is 2.17. The van der Waals surface area contributed by atoms with Gasteiger partial charge in [-0.05, 0) is 128 Å². The summed E-state index contributed by atoms with van der Waals surface area (Å²) in [6, 6.07) is 0. The van der Waals surface area contributed by atoms with Crippen molar-refractivity contribution in [2.75, 3.05) is 13.2 Å². The number of unbranched alkanes of at least 4 members (excludes halogenated alkanes) is 32. The Balaban J connectivity index is 4.42. The van der Waals surface area contributed by atoms with Crippen molar-refractivity contribution in [3.8, 4) is 0 Å². The molecule has 0 saturated carbocycles. The molecule has 0 bridgehead atoms. The average Bonchev–Trinajstić information content (AvgIpc) is 3.49. The summed E-state index contributed by atoms with van der Waals surface area (Å²) in [5, 5.41) is 0. The number of esters is 3. The summed E-state index contributed by atoms with van der Waals surface area (Å²) < 4.78 is 17.0. The molecule has 0 aromatic rings. The van der Waals surface area contributed by atoms with Crippen LogP contribution < -0.4 is 0 Å². The van der Waals surface area contributed by atoms with Crippen molar-refractivity contribution in [3.63, 3.8) is 0 Å². The van der Waals surface area contributed by atoms with Crippen LogP contribution in [0.15, 0.2) is 122 Å². The minimum atomic E-state index is -0.802. The lowest BCUT2D eigenvalue weighted by atomic mass is 10.0. The fourth-order valence-corrected chi connectivity index (χ4v) is 9.75. The van der Waals surface area contributed by atoms with Crippen molar-refractivity contribution in [2.45, 2.75) is 335 Å². The van der Waals surface area contributed by atoms with E-state index in [1.807, 2.05) is 0 Å². The number of rotatable bonds is 63. The minimum Gasteiger partial charge on any atom is -0.462 e. The molecule has 0 aliphatic rings. The molecular weight excluding hydrogens is 1020 g/mol. The van der Waals surface area contributed by atoms with Crippen molar-refractivity contribution in [3.05, 3.63) is 122 Å². The number of hydrogen-bond donors (Lipinski definition) is 0. The van der Waals surface area contributed by atoms with Crippen LogP contribution in [0.2, 0.25) is 0 Å². The Morgan fingerprint density at radius 1 is 0.253 bits per heavy atom. The zero-order chi connectivity index (χ0) is 59.9. The van der Waals surface area contributed by atoms with Crippen LogP contribution in [0.3, 0.4) is 0 Å². The van der Waals surface area contributed by atoms with E-state index in [4.69, 9.17) is 14.2 Å². The van der Waals surface area contributed by atoms with Gasteiger partial charge in [0.1, 0.15) is 13.2 Å². The molecule has 0 amide bonds. The maximum Gasteiger partial charge on any atom is 0.306 e. The lowest BCUT2D eigenvalue weighted by molar-refractivity contribution is -0.167. The third-order valence-corrected chi connectivity index (χ3v) is 14.9. The van der Waals surface area contributed by atoms with E-state index in [1.165, 1.54) is 161 Å². The highest BCUT2D eigenvalue weighted by atomic mass is 16.6. The fraction of sp³-hybridized carbons (Fsp3) is 0.701. The highest BCUT2D eigenvalue weighted by Gasteiger charge is 2.19. The first kappa shape index (κ1) is 78.8. The average molecular weight is 1150 g/mol. The molecule has 0 radical (unpaired) electrons. The summed E-state index contributed by atoms with van der Waals surface area (Å²) in [5.74, 6) is -0.924. The summed E-state index contributed by atoms with van der Waals surface area (Å²) in [5.41, 5.74) is 0. The molecule has 1 atom stereocenters. The zero-order valence-corrected chi connectivity index (χ0v) is 54.4. The maximum atomic E-state index is 13.0. The van der Waals surface area contributed by atoms with Gasteiger partial charge in [-0.25, -0.2) is 0 Å². The number of carbonyl (C=O) groups excluding carboxylic acids is 3. The smallest absolute Gasteiger partial charge is 0.306 e. The van der Waals surface area contributed by atoms with Crippen LogP contribution in [0.4, 0.5) is 0 Å². The zero-order valence-electron chi connectivity index (χ0n) is 54.4. The van der Waals surface area contributed by atoms with Crippen molar-refractivity contribution in [2.24, 2.45) is 0 Å².